The van der Waals surface area contributed by atoms with Crippen molar-refractivity contribution in [1.82, 2.24) is 10.3 Å². The molecule has 0 aliphatic carbocycles. The molecular weight excluding hydrogens is 320 g/mol. The number of nitrogens with one attached hydrogen (secondary N) is 1. The van der Waals surface area contributed by atoms with E-state index in [0.717, 1.165) is 23.1 Å². The van der Waals surface area contributed by atoms with Gasteiger partial charge in [-0.1, -0.05) is 12.1 Å². The summed E-state index contributed by atoms with van der Waals surface area (Å²) in [6.07, 6.45) is 1.83. The average molecular weight is 333 g/mol. The van der Waals surface area contributed by atoms with Crippen molar-refractivity contribution in [2.75, 3.05) is 0 Å². The van der Waals surface area contributed by atoms with Gasteiger partial charge in [-0.3, -0.25) is 4.98 Å². The molecule has 96 valence electrons. The number of fused-ring (bicyclic) bond motifs is 1. The van der Waals surface area contributed by atoms with Gasteiger partial charge in [0.2, 0.25) is 0 Å². The van der Waals surface area contributed by atoms with Crippen LogP contribution in [0.15, 0.2) is 52.4 Å². The summed E-state index contributed by atoms with van der Waals surface area (Å²) in [4.78, 5) is 5.67. The molecule has 0 saturated heterocycles. The first-order valence-corrected chi connectivity index (χ1v) is 7.76. The minimum atomic E-state index is 0.875. The summed E-state index contributed by atoms with van der Waals surface area (Å²) in [6.45, 7) is 1.78. The highest BCUT2D eigenvalue weighted by atomic mass is 79.9. The molecule has 0 bridgehead atoms. The first-order chi connectivity index (χ1) is 9.31. The number of nitrogens with zero attached hydrogens (tertiary/aromatic N) is 1. The van der Waals surface area contributed by atoms with Crippen molar-refractivity contribution >= 4 is 38.2 Å². The third kappa shape index (κ3) is 3.21. The van der Waals surface area contributed by atoms with E-state index in [-0.39, 0.29) is 0 Å². The van der Waals surface area contributed by atoms with Crippen molar-refractivity contribution in [3.8, 4) is 0 Å². The molecule has 0 amide bonds. The molecule has 0 atom stereocenters. The van der Waals surface area contributed by atoms with Gasteiger partial charge in [0.1, 0.15) is 0 Å². The lowest BCUT2D eigenvalue weighted by atomic mass is 10.1. The van der Waals surface area contributed by atoms with Crippen molar-refractivity contribution in [2.24, 2.45) is 0 Å². The molecule has 0 radical (unpaired) electrons. The molecule has 19 heavy (non-hydrogen) atoms. The second-order valence-corrected chi connectivity index (χ2v) is 6.28. The van der Waals surface area contributed by atoms with E-state index in [1.54, 1.807) is 11.3 Å². The standard InChI is InChI=1S/C15H13BrN2S/c16-13-7-14(19-10-13)9-17-8-11-3-4-15-12(6-11)2-1-5-18-15/h1-7,10,17H,8-9H2. The van der Waals surface area contributed by atoms with Crippen LogP contribution < -0.4 is 5.32 Å². The predicted molar refractivity (Wildman–Crippen MR) is 84.3 cm³/mol. The smallest absolute Gasteiger partial charge is 0.0702 e. The Morgan fingerprint density at radius 2 is 2.11 bits per heavy atom. The van der Waals surface area contributed by atoms with Crippen LogP contribution in [0.4, 0.5) is 0 Å². The number of hydrogen-bond acceptors (Lipinski definition) is 3. The normalized spacial score (nSPS) is 11.0. The van der Waals surface area contributed by atoms with E-state index in [4.69, 9.17) is 0 Å². The number of thiophene rings is 1. The zero-order valence-electron chi connectivity index (χ0n) is 10.3. The molecule has 1 aromatic carbocycles. The maximum atomic E-state index is 4.33. The van der Waals surface area contributed by atoms with Gasteiger partial charge in [-0.05, 0) is 45.8 Å². The fourth-order valence-corrected chi connectivity index (χ4v) is 3.43. The first kappa shape index (κ1) is 12.8. The Bertz CT molecular complexity index is 693. The summed E-state index contributed by atoms with van der Waals surface area (Å²) in [5.41, 5.74) is 2.34. The molecule has 4 heteroatoms. The second-order valence-electron chi connectivity index (χ2n) is 4.37. The van der Waals surface area contributed by atoms with Crippen LogP contribution in [0.1, 0.15) is 10.4 Å². The van der Waals surface area contributed by atoms with E-state index >= 15 is 0 Å². The van der Waals surface area contributed by atoms with Crippen molar-refractivity contribution in [3.05, 3.63) is 62.9 Å². The molecule has 3 rings (SSSR count). The van der Waals surface area contributed by atoms with Crippen LogP contribution in [0.3, 0.4) is 0 Å². The fraction of sp³-hybridized carbons (Fsp3) is 0.133. The summed E-state index contributed by atoms with van der Waals surface area (Å²) in [5, 5.41) is 6.77. The summed E-state index contributed by atoms with van der Waals surface area (Å²) in [5.74, 6) is 0. The zero-order valence-corrected chi connectivity index (χ0v) is 12.7. The SMILES string of the molecule is Brc1csc(CNCc2ccc3ncccc3c2)c1. The van der Waals surface area contributed by atoms with Gasteiger partial charge in [-0.25, -0.2) is 0 Å². The lowest BCUT2D eigenvalue weighted by Crippen LogP contribution is -2.11. The third-order valence-electron chi connectivity index (χ3n) is 2.92. The lowest BCUT2D eigenvalue weighted by Gasteiger charge is -2.05. The molecule has 0 unspecified atom stereocenters. The van der Waals surface area contributed by atoms with Crippen molar-refractivity contribution in [2.45, 2.75) is 13.1 Å². The Hall–Kier alpha value is -1.23. The highest BCUT2D eigenvalue weighted by Gasteiger charge is 1.99. The van der Waals surface area contributed by atoms with Crippen molar-refractivity contribution in [3.63, 3.8) is 0 Å². The molecule has 0 fully saturated rings. The van der Waals surface area contributed by atoms with E-state index in [1.807, 2.05) is 12.3 Å². The predicted octanol–water partition coefficient (Wildman–Crippen LogP) is 4.35. The maximum absolute atomic E-state index is 4.33. The van der Waals surface area contributed by atoms with Crippen molar-refractivity contribution < 1.29 is 0 Å². The average Bonchev–Trinajstić information content (AvgIpc) is 2.84. The van der Waals surface area contributed by atoms with Gasteiger partial charge in [0, 0.05) is 39.4 Å². The van der Waals surface area contributed by atoms with Gasteiger partial charge in [0.15, 0.2) is 0 Å². The summed E-state index contributed by atoms with van der Waals surface area (Å²) >= 11 is 5.24. The Morgan fingerprint density at radius 3 is 2.95 bits per heavy atom. The zero-order chi connectivity index (χ0) is 13.1. The Labute approximate surface area is 124 Å². The monoisotopic (exact) mass is 332 g/mol. The molecule has 0 spiro atoms. The lowest BCUT2D eigenvalue weighted by molar-refractivity contribution is 0.701. The highest BCUT2D eigenvalue weighted by molar-refractivity contribution is 9.10. The van der Waals surface area contributed by atoms with Crippen LogP contribution in [-0.2, 0) is 13.1 Å². The number of rotatable bonds is 4. The number of halogens is 1. The molecule has 0 saturated carbocycles. The van der Waals surface area contributed by atoms with Gasteiger partial charge in [-0.2, -0.15) is 0 Å². The third-order valence-corrected chi connectivity index (χ3v) is 4.62. The van der Waals surface area contributed by atoms with Crippen LogP contribution >= 0.6 is 27.3 Å². The Balaban J connectivity index is 1.65. The molecule has 2 nitrogen and oxygen atoms in total. The minimum Gasteiger partial charge on any atom is -0.308 e. The second kappa shape index (κ2) is 5.82. The number of aromatic nitrogens is 1. The largest absolute Gasteiger partial charge is 0.308 e. The first-order valence-electron chi connectivity index (χ1n) is 6.08. The quantitative estimate of drug-likeness (QED) is 0.768. The van der Waals surface area contributed by atoms with Crippen LogP contribution in [-0.4, -0.2) is 4.98 Å². The van der Waals surface area contributed by atoms with E-state index in [9.17, 15) is 0 Å². The van der Waals surface area contributed by atoms with Gasteiger partial charge in [0.25, 0.3) is 0 Å². The molecule has 0 aliphatic heterocycles. The van der Waals surface area contributed by atoms with E-state index in [2.05, 4.69) is 61.9 Å². The topological polar surface area (TPSA) is 24.9 Å². The molecular formula is C15H13BrN2S. The molecule has 2 aromatic heterocycles. The summed E-state index contributed by atoms with van der Waals surface area (Å²) < 4.78 is 1.16. The van der Waals surface area contributed by atoms with Crippen LogP contribution in [0.2, 0.25) is 0 Å². The number of benzene rings is 1. The Kier molecular flexibility index (Phi) is 3.92. The summed E-state index contributed by atoms with van der Waals surface area (Å²) in [6, 6.07) is 12.6. The number of hydrogen-bond donors (Lipinski definition) is 1. The van der Waals surface area contributed by atoms with E-state index in [1.165, 1.54) is 15.8 Å². The van der Waals surface area contributed by atoms with E-state index < -0.39 is 0 Å². The molecule has 0 aliphatic rings. The van der Waals surface area contributed by atoms with Gasteiger partial charge < -0.3 is 5.32 Å². The van der Waals surface area contributed by atoms with E-state index in [0.29, 0.717) is 0 Å². The maximum Gasteiger partial charge on any atom is 0.0702 e. The minimum absolute atomic E-state index is 0.875. The van der Waals surface area contributed by atoms with Crippen LogP contribution in [0.25, 0.3) is 10.9 Å². The molecule has 3 aromatic rings. The van der Waals surface area contributed by atoms with Gasteiger partial charge in [-0.15, -0.1) is 11.3 Å². The summed E-state index contributed by atoms with van der Waals surface area (Å²) in [7, 11) is 0. The molecule has 1 N–H and O–H groups in total. The van der Waals surface area contributed by atoms with Gasteiger partial charge >= 0.3 is 0 Å². The van der Waals surface area contributed by atoms with Gasteiger partial charge in [0.05, 0.1) is 5.52 Å². The Morgan fingerprint density at radius 1 is 1.16 bits per heavy atom. The van der Waals surface area contributed by atoms with Crippen LogP contribution in [0, 0.1) is 0 Å². The fourth-order valence-electron chi connectivity index (χ4n) is 2.01. The number of pyridine rings is 1. The molecule has 2 heterocycles. The highest BCUT2D eigenvalue weighted by Crippen LogP contribution is 2.19. The van der Waals surface area contributed by atoms with Crippen LogP contribution in [0.5, 0.6) is 0 Å². The van der Waals surface area contributed by atoms with Crippen molar-refractivity contribution in [1.29, 1.82) is 0 Å².